The summed E-state index contributed by atoms with van der Waals surface area (Å²) in [6, 6.07) is 5.13. The van der Waals surface area contributed by atoms with E-state index >= 15 is 0 Å². The quantitative estimate of drug-likeness (QED) is 0.814. The molecule has 1 heterocycles. The fourth-order valence-electron chi connectivity index (χ4n) is 1.68. The van der Waals surface area contributed by atoms with Gasteiger partial charge in [-0.15, -0.1) is 0 Å². The van der Waals surface area contributed by atoms with Crippen LogP contribution in [0.3, 0.4) is 0 Å². The molecule has 0 spiro atoms. The van der Waals surface area contributed by atoms with Crippen LogP contribution in [0.5, 0.6) is 5.75 Å². The van der Waals surface area contributed by atoms with Crippen LogP contribution in [0.2, 0.25) is 0 Å². The van der Waals surface area contributed by atoms with E-state index in [2.05, 4.69) is 0 Å². The number of nitrogens with zero attached hydrogens (tertiary/aromatic N) is 1. The van der Waals surface area contributed by atoms with Crippen LogP contribution in [0.25, 0.3) is 0 Å². The molecule has 1 N–H and O–H groups in total. The van der Waals surface area contributed by atoms with E-state index < -0.39 is 5.97 Å². The Morgan fingerprint density at radius 3 is 3.00 bits per heavy atom. The molecule has 0 saturated carbocycles. The maximum absolute atomic E-state index is 11.4. The molecule has 1 amide bonds. The van der Waals surface area contributed by atoms with Gasteiger partial charge in [-0.25, -0.2) is 4.79 Å². The van der Waals surface area contributed by atoms with Crippen molar-refractivity contribution in [1.29, 1.82) is 0 Å². The predicted molar refractivity (Wildman–Crippen MR) is 56.7 cm³/mol. The highest BCUT2D eigenvalue weighted by atomic mass is 16.5. The zero-order valence-electron chi connectivity index (χ0n) is 8.77. The summed E-state index contributed by atoms with van der Waals surface area (Å²) >= 11 is 0. The van der Waals surface area contributed by atoms with Crippen molar-refractivity contribution in [3.63, 3.8) is 0 Å². The van der Waals surface area contributed by atoms with Crippen LogP contribution in [-0.2, 0) is 16.0 Å². The summed E-state index contributed by atoms with van der Waals surface area (Å²) in [6.45, 7) is -0.372. The van der Waals surface area contributed by atoms with Gasteiger partial charge in [-0.3, -0.25) is 4.79 Å². The molecule has 84 valence electrons. The third-order valence-electron chi connectivity index (χ3n) is 2.49. The van der Waals surface area contributed by atoms with Crippen molar-refractivity contribution in [3.05, 3.63) is 23.8 Å². The van der Waals surface area contributed by atoms with Crippen molar-refractivity contribution in [1.82, 2.24) is 0 Å². The van der Waals surface area contributed by atoms with Crippen molar-refractivity contribution < 1.29 is 19.4 Å². The van der Waals surface area contributed by atoms with Crippen LogP contribution in [0.1, 0.15) is 5.56 Å². The molecule has 0 aromatic heterocycles. The average molecular weight is 221 g/mol. The highest BCUT2D eigenvalue weighted by Crippen LogP contribution is 2.30. The van der Waals surface area contributed by atoms with Gasteiger partial charge in [-0.05, 0) is 23.8 Å². The van der Waals surface area contributed by atoms with Crippen LogP contribution in [0.4, 0.5) is 5.69 Å². The molecule has 1 aromatic carbocycles. The molecular weight excluding hydrogens is 210 g/mol. The molecule has 1 aliphatic heterocycles. The summed E-state index contributed by atoms with van der Waals surface area (Å²) in [4.78, 5) is 23.3. The summed E-state index contributed by atoms with van der Waals surface area (Å²) in [5.41, 5.74) is 1.73. The van der Waals surface area contributed by atoms with Gasteiger partial charge in [0.2, 0.25) is 5.91 Å². The van der Waals surface area contributed by atoms with Gasteiger partial charge in [0.1, 0.15) is 5.75 Å². The molecule has 1 aliphatic rings. The summed E-state index contributed by atoms with van der Waals surface area (Å²) in [5.74, 6) is -0.511. The molecule has 0 atom stereocenters. The highest BCUT2D eigenvalue weighted by molar-refractivity contribution is 6.01. The number of carboxylic acids is 1. The second kappa shape index (κ2) is 3.84. The first-order valence-electron chi connectivity index (χ1n) is 4.82. The minimum Gasteiger partial charge on any atom is -0.482 e. The van der Waals surface area contributed by atoms with Gasteiger partial charge in [-0.2, -0.15) is 0 Å². The topological polar surface area (TPSA) is 66.8 Å². The first-order chi connectivity index (χ1) is 7.58. The Balaban J connectivity index is 2.18. The number of fused-ring (bicyclic) bond motifs is 1. The van der Waals surface area contributed by atoms with Gasteiger partial charge in [0.25, 0.3) is 0 Å². The van der Waals surface area contributed by atoms with Crippen LogP contribution in [0.15, 0.2) is 18.2 Å². The number of hydrogen-bond donors (Lipinski definition) is 1. The van der Waals surface area contributed by atoms with Crippen molar-refractivity contribution in [2.45, 2.75) is 6.42 Å². The lowest BCUT2D eigenvalue weighted by Crippen LogP contribution is -2.20. The molecule has 5 heteroatoms. The van der Waals surface area contributed by atoms with Crippen LogP contribution in [0, 0.1) is 0 Å². The standard InChI is InChI=1S/C11H11NO4/c1-12-9-3-2-8(16-6-11(14)15)4-7(9)5-10(12)13/h2-4H,5-6H2,1H3,(H,14,15). The third kappa shape index (κ3) is 1.84. The Morgan fingerprint density at radius 1 is 1.56 bits per heavy atom. The Hall–Kier alpha value is -2.04. The second-order valence-corrected chi connectivity index (χ2v) is 3.60. The van der Waals surface area contributed by atoms with E-state index in [-0.39, 0.29) is 12.5 Å². The number of benzene rings is 1. The molecule has 1 aromatic rings. The van der Waals surface area contributed by atoms with Gasteiger partial charge in [0, 0.05) is 12.7 Å². The molecule has 0 bridgehead atoms. The number of anilines is 1. The van der Waals surface area contributed by atoms with Gasteiger partial charge in [0.15, 0.2) is 6.61 Å². The molecule has 0 unspecified atom stereocenters. The molecule has 0 fully saturated rings. The lowest BCUT2D eigenvalue weighted by atomic mass is 10.1. The number of carbonyl (C=O) groups is 2. The van der Waals surface area contributed by atoms with Crippen molar-refractivity contribution in [3.8, 4) is 5.75 Å². The number of amides is 1. The molecular formula is C11H11NO4. The van der Waals surface area contributed by atoms with E-state index in [0.29, 0.717) is 12.2 Å². The molecule has 0 radical (unpaired) electrons. The molecule has 5 nitrogen and oxygen atoms in total. The normalized spacial score (nSPS) is 13.8. The molecule has 0 saturated heterocycles. The van der Waals surface area contributed by atoms with Gasteiger partial charge in [-0.1, -0.05) is 0 Å². The fraction of sp³-hybridized carbons (Fsp3) is 0.273. The van der Waals surface area contributed by atoms with E-state index in [1.807, 2.05) is 0 Å². The van der Waals surface area contributed by atoms with E-state index in [1.165, 1.54) is 0 Å². The van der Waals surface area contributed by atoms with Gasteiger partial charge >= 0.3 is 5.97 Å². The number of carboxylic acid groups (broad SMARTS) is 1. The molecule has 2 rings (SSSR count). The Kier molecular flexibility index (Phi) is 2.52. The monoisotopic (exact) mass is 221 g/mol. The Morgan fingerprint density at radius 2 is 2.31 bits per heavy atom. The Labute approximate surface area is 92.2 Å². The third-order valence-corrected chi connectivity index (χ3v) is 2.49. The van der Waals surface area contributed by atoms with Crippen molar-refractivity contribution >= 4 is 17.6 Å². The summed E-state index contributed by atoms with van der Waals surface area (Å²) in [6.07, 6.45) is 0.343. The maximum Gasteiger partial charge on any atom is 0.341 e. The lowest BCUT2D eigenvalue weighted by molar-refractivity contribution is -0.139. The number of ether oxygens (including phenoxy) is 1. The largest absolute Gasteiger partial charge is 0.482 e. The summed E-state index contributed by atoms with van der Waals surface area (Å²) in [7, 11) is 1.71. The summed E-state index contributed by atoms with van der Waals surface area (Å²) < 4.78 is 5.03. The minimum absolute atomic E-state index is 0.0328. The second-order valence-electron chi connectivity index (χ2n) is 3.60. The zero-order chi connectivity index (χ0) is 11.7. The number of carbonyl (C=O) groups excluding carboxylic acids is 1. The minimum atomic E-state index is -1.02. The highest BCUT2D eigenvalue weighted by Gasteiger charge is 2.24. The number of rotatable bonds is 3. The predicted octanol–water partition coefficient (Wildman–Crippen LogP) is 0.669. The average Bonchev–Trinajstić information content (AvgIpc) is 2.52. The van der Waals surface area contributed by atoms with Crippen molar-refractivity contribution in [2.24, 2.45) is 0 Å². The maximum atomic E-state index is 11.4. The lowest BCUT2D eigenvalue weighted by Gasteiger charge is -2.10. The van der Waals surface area contributed by atoms with Gasteiger partial charge < -0.3 is 14.7 Å². The van der Waals surface area contributed by atoms with Gasteiger partial charge in [0.05, 0.1) is 6.42 Å². The fourth-order valence-corrected chi connectivity index (χ4v) is 1.68. The SMILES string of the molecule is CN1C(=O)Cc2cc(OCC(=O)O)ccc21. The summed E-state index contributed by atoms with van der Waals surface area (Å²) in [5, 5.41) is 8.46. The smallest absolute Gasteiger partial charge is 0.341 e. The first-order valence-corrected chi connectivity index (χ1v) is 4.82. The zero-order valence-corrected chi connectivity index (χ0v) is 8.77. The molecule has 0 aliphatic carbocycles. The van der Waals surface area contributed by atoms with E-state index in [0.717, 1.165) is 11.3 Å². The van der Waals surface area contributed by atoms with Crippen molar-refractivity contribution in [2.75, 3.05) is 18.6 Å². The van der Waals surface area contributed by atoms with E-state index in [1.54, 1.807) is 30.1 Å². The van der Waals surface area contributed by atoms with Crippen LogP contribution < -0.4 is 9.64 Å². The number of hydrogen-bond acceptors (Lipinski definition) is 3. The number of aliphatic carboxylic acids is 1. The molecule has 16 heavy (non-hydrogen) atoms. The Bertz CT molecular complexity index is 455. The number of likely N-dealkylation sites (N-methyl/N-ethyl adjacent to an activating group) is 1. The van der Waals surface area contributed by atoms with E-state index in [4.69, 9.17) is 9.84 Å². The van der Waals surface area contributed by atoms with Crippen LogP contribution in [-0.4, -0.2) is 30.6 Å². The van der Waals surface area contributed by atoms with Crippen LogP contribution >= 0.6 is 0 Å². The first kappa shape index (κ1) is 10.5. The van der Waals surface area contributed by atoms with E-state index in [9.17, 15) is 9.59 Å².